The van der Waals surface area contributed by atoms with Gasteiger partial charge in [-0.25, -0.2) is 4.39 Å². The zero-order chi connectivity index (χ0) is 11.4. The molecule has 1 atom stereocenters. The van der Waals surface area contributed by atoms with E-state index in [4.69, 9.17) is 0 Å². The summed E-state index contributed by atoms with van der Waals surface area (Å²) >= 11 is 0. The van der Waals surface area contributed by atoms with Gasteiger partial charge in [-0.1, -0.05) is 6.92 Å². The van der Waals surface area contributed by atoms with E-state index in [2.05, 4.69) is 5.32 Å². The highest BCUT2D eigenvalue weighted by Crippen LogP contribution is 2.25. The van der Waals surface area contributed by atoms with Crippen molar-refractivity contribution in [1.82, 2.24) is 0 Å². The molecule has 1 N–H and O–H groups in total. The molecule has 0 aromatic heterocycles. The predicted molar refractivity (Wildman–Crippen MR) is 56.4 cm³/mol. The first-order valence-corrected chi connectivity index (χ1v) is 4.75. The first-order chi connectivity index (χ1) is 7.04. The molecule has 15 heavy (non-hydrogen) atoms. The van der Waals surface area contributed by atoms with Crippen molar-refractivity contribution in [3.8, 4) is 0 Å². The Hall–Kier alpha value is -1.65. The van der Waals surface area contributed by atoms with E-state index in [1.54, 1.807) is 0 Å². The number of anilines is 1. The number of halogens is 1. The SMILES string of the molecule is CCC(C)Nc1cc(F)ccc1[N+](=O)[O-]. The van der Waals surface area contributed by atoms with Crippen LogP contribution in [-0.2, 0) is 0 Å². The Morgan fingerprint density at radius 3 is 2.80 bits per heavy atom. The van der Waals surface area contributed by atoms with Crippen LogP contribution in [-0.4, -0.2) is 11.0 Å². The smallest absolute Gasteiger partial charge is 0.292 e. The third kappa shape index (κ3) is 2.90. The molecule has 0 fully saturated rings. The number of hydrogen-bond donors (Lipinski definition) is 1. The molecule has 0 spiro atoms. The quantitative estimate of drug-likeness (QED) is 0.616. The fourth-order valence-electron chi connectivity index (χ4n) is 1.15. The highest BCUT2D eigenvalue weighted by molar-refractivity contribution is 5.61. The molecule has 0 amide bonds. The van der Waals surface area contributed by atoms with Crippen molar-refractivity contribution in [2.45, 2.75) is 26.3 Å². The van der Waals surface area contributed by atoms with Gasteiger partial charge in [0, 0.05) is 18.2 Å². The summed E-state index contributed by atoms with van der Waals surface area (Å²) in [6.45, 7) is 3.83. The van der Waals surface area contributed by atoms with Gasteiger partial charge in [0.25, 0.3) is 5.69 Å². The van der Waals surface area contributed by atoms with E-state index >= 15 is 0 Å². The molecule has 1 rings (SSSR count). The minimum absolute atomic E-state index is 0.0745. The molecule has 1 unspecified atom stereocenters. The highest BCUT2D eigenvalue weighted by atomic mass is 19.1. The van der Waals surface area contributed by atoms with Crippen LogP contribution in [0.1, 0.15) is 20.3 Å². The summed E-state index contributed by atoms with van der Waals surface area (Å²) in [5.41, 5.74) is 0.131. The molecule has 82 valence electrons. The summed E-state index contributed by atoms with van der Waals surface area (Å²) in [5.74, 6) is -0.480. The van der Waals surface area contributed by atoms with Gasteiger partial charge in [-0.3, -0.25) is 10.1 Å². The van der Waals surface area contributed by atoms with Crippen molar-refractivity contribution in [2.75, 3.05) is 5.32 Å². The van der Waals surface area contributed by atoms with Crippen molar-refractivity contribution in [2.24, 2.45) is 0 Å². The number of rotatable bonds is 4. The average Bonchev–Trinajstić information content (AvgIpc) is 2.17. The number of hydrogen-bond acceptors (Lipinski definition) is 3. The zero-order valence-corrected chi connectivity index (χ0v) is 8.66. The molecular weight excluding hydrogens is 199 g/mol. The lowest BCUT2D eigenvalue weighted by atomic mass is 10.2. The van der Waals surface area contributed by atoms with E-state index in [1.165, 1.54) is 6.07 Å². The third-order valence-corrected chi connectivity index (χ3v) is 2.17. The fourth-order valence-corrected chi connectivity index (χ4v) is 1.15. The fraction of sp³-hybridized carbons (Fsp3) is 0.400. The molecule has 1 aromatic carbocycles. The molecule has 1 aromatic rings. The first kappa shape index (κ1) is 11.4. The first-order valence-electron chi connectivity index (χ1n) is 4.75. The van der Waals surface area contributed by atoms with Crippen LogP contribution in [0.5, 0.6) is 0 Å². The van der Waals surface area contributed by atoms with Crippen LogP contribution in [0.15, 0.2) is 18.2 Å². The van der Waals surface area contributed by atoms with Crippen LogP contribution in [0.4, 0.5) is 15.8 Å². The van der Waals surface area contributed by atoms with Gasteiger partial charge < -0.3 is 5.32 Å². The second-order valence-corrected chi connectivity index (χ2v) is 3.37. The summed E-state index contributed by atoms with van der Waals surface area (Å²) in [4.78, 5) is 10.1. The second kappa shape index (κ2) is 4.72. The number of nitro benzene ring substituents is 1. The average molecular weight is 212 g/mol. The molecule has 0 aliphatic heterocycles. The summed E-state index contributed by atoms with van der Waals surface area (Å²) in [6, 6.07) is 3.47. The van der Waals surface area contributed by atoms with Crippen molar-refractivity contribution >= 4 is 11.4 Å². The maximum atomic E-state index is 12.9. The van der Waals surface area contributed by atoms with Crippen LogP contribution in [0.3, 0.4) is 0 Å². The summed E-state index contributed by atoms with van der Waals surface area (Å²) in [5, 5.41) is 13.5. The number of nitrogens with one attached hydrogen (secondary N) is 1. The zero-order valence-electron chi connectivity index (χ0n) is 8.66. The summed E-state index contributed by atoms with van der Waals surface area (Å²) in [7, 11) is 0. The Labute approximate surface area is 87.3 Å². The molecule has 0 heterocycles. The lowest BCUT2D eigenvalue weighted by molar-refractivity contribution is -0.384. The van der Waals surface area contributed by atoms with Gasteiger partial charge in [0.15, 0.2) is 0 Å². The van der Waals surface area contributed by atoms with Crippen molar-refractivity contribution in [3.63, 3.8) is 0 Å². The van der Waals surface area contributed by atoms with Crippen molar-refractivity contribution < 1.29 is 9.31 Å². The Morgan fingerprint density at radius 2 is 2.27 bits per heavy atom. The number of nitro groups is 1. The van der Waals surface area contributed by atoms with Crippen LogP contribution in [0, 0.1) is 15.9 Å². The monoisotopic (exact) mass is 212 g/mol. The van der Waals surface area contributed by atoms with E-state index in [-0.39, 0.29) is 17.4 Å². The van der Waals surface area contributed by atoms with Crippen molar-refractivity contribution in [1.29, 1.82) is 0 Å². The minimum Gasteiger partial charge on any atom is -0.377 e. The Balaban J connectivity index is 3.02. The van der Waals surface area contributed by atoms with E-state index in [9.17, 15) is 14.5 Å². The summed E-state index contributed by atoms with van der Waals surface area (Å²) < 4.78 is 12.9. The van der Waals surface area contributed by atoms with Gasteiger partial charge in [0.1, 0.15) is 11.5 Å². The molecule has 0 saturated carbocycles. The molecule has 0 aliphatic carbocycles. The van der Waals surface area contributed by atoms with E-state index in [1.807, 2.05) is 13.8 Å². The lowest BCUT2D eigenvalue weighted by Crippen LogP contribution is -2.14. The van der Waals surface area contributed by atoms with Gasteiger partial charge in [-0.05, 0) is 19.4 Å². The Morgan fingerprint density at radius 1 is 1.60 bits per heavy atom. The summed E-state index contributed by atoms with van der Waals surface area (Å²) in [6.07, 6.45) is 0.813. The van der Waals surface area contributed by atoms with E-state index in [0.717, 1.165) is 18.6 Å². The maximum absolute atomic E-state index is 12.9. The van der Waals surface area contributed by atoms with Crippen LogP contribution >= 0.6 is 0 Å². The van der Waals surface area contributed by atoms with Crippen LogP contribution < -0.4 is 5.32 Å². The van der Waals surface area contributed by atoms with Crippen LogP contribution in [0.25, 0.3) is 0 Å². The van der Waals surface area contributed by atoms with Gasteiger partial charge in [-0.2, -0.15) is 0 Å². The molecule has 0 bridgehead atoms. The minimum atomic E-state index is -0.524. The van der Waals surface area contributed by atoms with E-state index < -0.39 is 10.7 Å². The topological polar surface area (TPSA) is 55.2 Å². The standard InChI is InChI=1S/C10H13FN2O2/c1-3-7(2)12-9-6-8(11)4-5-10(9)13(14)15/h4-7,12H,3H2,1-2H3. The maximum Gasteiger partial charge on any atom is 0.292 e. The van der Waals surface area contributed by atoms with Gasteiger partial charge in [-0.15, -0.1) is 0 Å². The van der Waals surface area contributed by atoms with Gasteiger partial charge in [0.2, 0.25) is 0 Å². The van der Waals surface area contributed by atoms with Gasteiger partial charge in [0.05, 0.1) is 4.92 Å². The highest BCUT2D eigenvalue weighted by Gasteiger charge is 2.15. The molecule has 4 nitrogen and oxygen atoms in total. The Kier molecular flexibility index (Phi) is 3.60. The van der Waals surface area contributed by atoms with E-state index in [0.29, 0.717) is 0 Å². The lowest BCUT2D eigenvalue weighted by Gasteiger charge is -2.12. The third-order valence-electron chi connectivity index (χ3n) is 2.17. The normalized spacial score (nSPS) is 12.2. The Bertz CT molecular complexity index is 368. The van der Waals surface area contributed by atoms with Crippen molar-refractivity contribution in [3.05, 3.63) is 34.1 Å². The number of nitrogens with zero attached hydrogens (tertiary/aromatic N) is 1. The molecule has 0 aliphatic rings. The molecule has 0 radical (unpaired) electrons. The molecule has 5 heteroatoms. The number of benzene rings is 1. The predicted octanol–water partition coefficient (Wildman–Crippen LogP) is 2.94. The molecule has 0 saturated heterocycles. The van der Waals surface area contributed by atoms with Crippen LogP contribution in [0.2, 0.25) is 0 Å². The van der Waals surface area contributed by atoms with Gasteiger partial charge >= 0.3 is 0 Å². The second-order valence-electron chi connectivity index (χ2n) is 3.37. The molecular formula is C10H13FN2O2. The largest absolute Gasteiger partial charge is 0.377 e.